The Balaban J connectivity index is 1.99. The number of rotatable bonds is 2. The molecule has 0 bridgehead atoms. The van der Waals surface area contributed by atoms with Crippen LogP contribution in [0.4, 0.5) is 11.4 Å². The molecule has 126 valence electrons. The zero-order chi connectivity index (χ0) is 17.6. The SMILES string of the molecule is CC(C)(C)c1cccc2c1oc1c(N(I)c3ccccc3)cccc12. The summed E-state index contributed by atoms with van der Waals surface area (Å²) in [6.07, 6.45) is 0. The van der Waals surface area contributed by atoms with Crippen molar-refractivity contribution in [2.24, 2.45) is 0 Å². The van der Waals surface area contributed by atoms with Gasteiger partial charge in [-0.2, -0.15) is 0 Å². The van der Waals surface area contributed by atoms with Crippen LogP contribution in [0.3, 0.4) is 0 Å². The van der Waals surface area contributed by atoms with Crippen LogP contribution in [0.2, 0.25) is 0 Å². The largest absolute Gasteiger partial charge is 0.454 e. The summed E-state index contributed by atoms with van der Waals surface area (Å²) in [4.78, 5) is 0. The molecule has 0 saturated heterocycles. The lowest BCUT2D eigenvalue weighted by Gasteiger charge is -2.19. The quantitative estimate of drug-likeness (QED) is 0.239. The van der Waals surface area contributed by atoms with Crippen molar-refractivity contribution in [1.82, 2.24) is 0 Å². The summed E-state index contributed by atoms with van der Waals surface area (Å²) in [5.41, 5.74) is 5.42. The Morgan fingerprint density at radius 1 is 0.760 bits per heavy atom. The third kappa shape index (κ3) is 2.80. The Bertz CT molecular complexity index is 1040. The lowest BCUT2D eigenvalue weighted by Crippen LogP contribution is -2.10. The smallest absolute Gasteiger partial charge is 0.159 e. The topological polar surface area (TPSA) is 16.4 Å². The first-order valence-corrected chi connectivity index (χ1v) is 9.39. The van der Waals surface area contributed by atoms with Crippen molar-refractivity contribution in [1.29, 1.82) is 0 Å². The number of furan rings is 1. The van der Waals surface area contributed by atoms with Crippen molar-refractivity contribution in [3.63, 3.8) is 0 Å². The van der Waals surface area contributed by atoms with Crippen LogP contribution in [0.15, 0.2) is 71.1 Å². The van der Waals surface area contributed by atoms with Gasteiger partial charge in [0.15, 0.2) is 5.58 Å². The predicted octanol–water partition coefficient (Wildman–Crippen LogP) is 7.37. The van der Waals surface area contributed by atoms with Crippen molar-refractivity contribution in [2.45, 2.75) is 26.2 Å². The van der Waals surface area contributed by atoms with Gasteiger partial charge in [0.25, 0.3) is 0 Å². The van der Waals surface area contributed by atoms with E-state index in [4.69, 9.17) is 4.42 Å². The highest BCUT2D eigenvalue weighted by Gasteiger charge is 2.22. The van der Waals surface area contributed by atoms with E-state index in [0.717, 1.165) is 27.9 Å². The molecule has 4 aromatic rings. The van der Waals surface area contributed by atoms with Gasteiger partial charge < -0.3 is 4.42 Å². The third-order valence-electron chi connectivity index (χ3n) is 4.51. The number of halogens is 1. The Morgan fingerprint density at radius 3 is 2.08 bits per heavy atom. The van der Waals surface area contributed by atoms with E-state index in [9.17, 15) is 0 Å². The molecule has 4 rings (SSSR count). The zero-order valence-electron chi connectivity index (χ0n) is 14.6. The van der Waals surface area contributed by atoms with Gasteiger partial charge in [-0.1, -0.05) is 69.3 Å². The van der Waals surface area contributed by atoms with Gasteiger partial charge in [-0.15, -0.1) is 0 Å². The van der Waals surface area contributed by atoms with E-state index >= 15 is 0 Å². The predicted molar refractivity (Wildman–Crippen MR) is 115 cm³/mol. The summed E-state index contributed by atoms with van der Waals surface area (Å²) in [7, 11) is 0. The molecule has 1 aromatic heterocycles. The molecule has 1 heterocycles. The molecule has 0 aliphatic rings. The number of anilines is 2. The van der Waals surface area contributed by atoms with Crippen LogP contribution in [-0.2, 0) is 5.41 Å². The molecule has 0 amide bonds. The number of para-hydroxylation sites is 3. The van der Waals surface area contributed by atoms with Crippen molar-refractivity contribution in [3.05, 3.63) is 72.3 Å². The Kier molecular flexibility index (Phi) is 3.99. The van der Waals surface area contributed by atoms with Crippen LogP contribution in [0.1, 0.15) is 26.3 Å². The average Bonchev–Trinajstić information content (AvgIpc) is 2.99. The summed E-state index contributed by atoms with van der Waals surface area (Å²) in [5.74, 6) is 0. The lowest BCUT2D eigenvalue weighted by molar-refractivity contribution is 0.573. The fourth-order valence-electron chi connectivity index (χ4n) is 3.25. The molecule has 0 aliphatic heterocycles. The second-order valence-electron chi connectivity index (χ2n) is 7.30. The molecule has 0 aliphatic carbocycles. The first kappa shape index (κ1) is 16.5. The Hall–Kier alpha value is -2.01. The maximum absolute atomic E-state index is 6.44. The van der Waals surface area contributed by atoms with E-state index in [2.05, 4.69) is 107 Å². The lowest BCUT2D eigenvalue weighted by atomic mass is 9.86. The molecule has 0 unspecified atom stereocenters. The van der Waals surface area contributed by atoms with E-state index in [-0.39, 0.29) is 5.41 Å². The van der Waals surface area contributed by atoms with Crippen LogP contribution in [0.5, 0.6) is 0 Å². The fourth-order valence-corrected chi connectivity index (χ4v) is 3.95. The van der Waals surface area contributed by atoms with Crippen LogP contribution in [0.25, 0.3) is 21.9 Å². The molecule has 0 fully saturated rings. The molecule has 0 saturated carbocycles. The van der Waals surface area contributed by atoms with E-state index in [0.29, 0.717) is 0 Å². The third-order valence-corrected chi connectivity index (χ3v) is 5.58. The minimum Gasteiger partial charge on any atom is -0.454 e. The highest BCUT2D eigenvalue weighted by atomic mass is 127. The molecule has 3 aromatic carbocycles. The van der Waals surface area contributed by atoms with Gasteiger partial charge in [0.1, 0.15) is 5.58 Å². The number of fused-ring (bicyclic) bond motifs is 3. The van der Waals surface area contributed by atoms with Gasteiger partial charge >= 0.3 is 0 Å². The van der Waals surface area contributed by atoms with Crippen LogP contribution in [-0.4, -0.2) is 0 Å². The van der Waals surface area contributed by atoms with Gasteiger partial charge in [-0.25, -0.2) is 0 Å². The van der Waals surface area contributed by atoms with Gasteiger partial charge in [0.05, 0.1) is 34.2 Å². The van der Waals surface area contributed by atoms with E-state index < -0.39 is 0 Å². The molecule has 0 radical (unpaired) electrons. The van der Waals surface area contributed by atoms with Crippen molar-refractivity contribution < 1.29 is 4.42 Å². The number of nitrogens with zero attached hydrogens (tertiary/aromatic N) is 1. The number of benzene rings is 3. The summed E-state index contributed by atoms with van der Waals surface area (Å²) in [6, 6.07) is 23.2. The summed E-state index contributed by atoms with van der Waals surface area (Å²) in [6.45, 7) is 6.68. The second-order valence-corrected chi connectivity index (χ2v) is 8.27. The Labute approximate surface area is 161 Å². The second kappa shape index (κ2) is 6.06. The molecule has 0 N–H and O–H groups in total. The molecular weight excluding hydrogens is 421 g/mol. The minimum atomic E-state index is 0.0387. The molecule has 0 atom stereocenters. The molecule has 3 heteroatoms. The van der Waals surface area contributed by atoms with Crippen LogP contribution < -0.4 is 3.11 Å². The van der Waals surface area contributed by atoms with E-state index in [1.54, 1.807) is 0 Å². The van der Waals surface area contributed by atoms with E-state index in [1.807, 2.05) is 6.07 Å². The van der Waals surface area contributed by atoms with Crippen molar-refractivity contribution >= 4 is 56.2 Å². The number of hydrogen-bond acceptors (Lipinski definition) is 2. The van der Waals surface area contributed by atoms with Gasteiger partial charge in [-0.3, -0.25) is 3.11 Å². The van der Waals surface area contributed by atoms with Crippen LogP contribution in [0, 0.1) is 0 Å². The van der Waals surface area contributed by atoms with Crippen LogP contribution >= 0.6 is 22.9 Å². The minimum absolute atomic E-state index is 0.0387. The fraction of sp³-hybridized carbons (Fsp3) is 0.182. The highest BCUT2D eigenvalue weighted by molar-refractivity contribution is 14.1. The van der Waals surface area contributed by atoms with Gasteiger partial charge in [0.2, 0.25) is 0 Å². The Morgan fingerprint density at radius 2 is 1.40 bits per heavy atom. The summed E-state index contributed by atoms with van der Waals surface area (Å²) in [5, 5.41) is 2.35. The summed E-state index contributed by atoms with van der Waals surface area (Å²) < 4.78 is 8.59. The van der Waals surface area contributed by atoms with Gasteiger partial charge in [-0.05, 0) is 23.6 Å². The molecule has 0 spiro atoms. The number of hydrogen-bond donors (Lipinski definition) is 0. The first-order chi connectivity index (χ1) is 12.0. The van der Waals surface area contributed by atoms with E-state index in [1.165, 1.54) is 10.9 Å². The first-order valence-electron chi connectivity index (χ1n) is 8.42. The van der Waals surface area contributed by atoms with Crippen molar-refractivity contribution in [3.8, 4) is 0 Å². The van der Waals surface area contributed by atoms with Crippen molar-refractivity contribution in [2.75, 3.05) is 3.11 Å². The summed E-state index contributed by atoms with van der Waals surface area (Å²) >= 11 is 2.34. The highest BCUT2D eigenvalue weighted by Crippen LogP contribution is 2.42. The maximum Gasteiger partial charge on any atom is 0.159 e. The average molecular weight is 441 g/mol. The maximum atomic E-state index is 6.44. The molecular formula is C22H20INO. The molecule has 2 nitrogen and oxygen atoms in total. The zero-order valence-corrected chi connectivity index (χ0v) is 16.7. The van der Waals surface area contributed by atoms with Gasteiger partial charge in [0, 0.05) is 16.3 Å². The monoisotopic (exact) mass is 441 g/mol. The standard InChI is InChI=1S/C22H20INO/c1-22(2,3)18-13-7-11-16-17-12-8-14-19(21(17)25-20(16)18)24(23)15-9-5-4-6-10-15/h4-14H,1-3H3. The normalized spacial score (nSPS) is 12.0. The molecule has 25 heavy (non-hydrogen) atoms.